The molecule has 1 aromatic carbocycles. The lowest BCUT2D eigenvalue weighted by molar-refractivity contribution is -0.129. The van der Waals surface area contributed by atoms with Gasteiger partial charge in [0.1, 0.15) is 11.8 Å². The molecule has 1 aromatic rings. The van der Waals surface area contributed by atoms with Crippen LogP contribution in [0.25, 0.3) is 5.57 Å². The Balaban J connectivity index is 2.18. The zero-order valence-corrected chi connectivity index (χ0v) is 11.4. The number of carbonyl (C=O) groups is 2. The lowest BCUT2D eigenvalue weighted by Gasteiger charge is -2.26. The minimum Gasteiger partial charge on any atom is -0.477 e. The molecule has 2 aliphatic heterocycles. The first-order valence-corrected chi connectivity index (χ1v) is 6.49. The fourth-order valence-electron chi connectivity index (χ4n) is 2.24. The first-order valence-electron chi connectivity index (χ1n) is 6.08. The number of aliphatic imine (C=N–C) groups is 2. The molecule has 0 fully saturated rings. The number of rotatable bonds is 2. The summed E-state index contributed by atoms with van der Waals surface area (Å²) < 4.78 is 0. The maximum absolute atomic E-state index is 12.2. The number of thiocarbonyl (C=S) groups is 1. The number of nitrogens with zero attached hydrogens (tertiary/aromatic N) is 2. The Morgan fingerprint density at radius 1 is 1.24 bits per heavy atom. The van der Waals surface area contributed by atoms with Crippen LogP contribution in [0.2, 0.25) is 0 Å². The van der Waals surface area contributed by atoms with Crippen molar-refractivity contribution in [2.45, 2.75) is 0 Å². The molecular formula is C14H9N3O3S. The SMILES string of the molecule is O=C(O)C1=NC2=NC(=S)NC(=O)C2C(c2ccccc2)=C1. The average molecular weight is 299 g/mol. The maximum Gasteiger partial charge on any atom is 0.354 e. The molecule has 104 valence electrons. The summed E-state index contributed by atoms with van der Waals surface area (Å²) in [5.41, 5.74) is 1.12. The van der Waals surface area contributed by atoms with Crippen molar-refractivity contribution < 1.29 is 14.7 Å². The summed E-state index contributed by atoms with van der Waals surface area (Å²) in [7, 11) is 0. The minimum atomic E-state index is -1.18. The number of aliphatic carboxylic acids is 1. The van der Waals surface area contributed by atoms with Gasteiger partial charge in [-0.1, -0.05) is 30.3 Å². The molecule has 0 bridgehead atoms. The van der Waals surface area contributed by atoms with E-state index in [1.165, 1.54) is 6.08 Å². The van der Waals surface area contributed by atoms with E-state index in [4.69, 9.17) is 17.3 Å². The summed E-state index contributed by atoms with van der Waals surface area (Å²) in [5, 5.41) is 11.6. The normalized spacial score (nSPS) is 20.8. The van der Waals surface area contributed by atoms with Crippen LogP contribution in [0, 0.1) is 5.92 Å². The highest BCUT2D eigenvalue weighted by atomic mass is 32.1. The summed E-state index contributed by atoms with van der Waals surface area (Å²) in [5.74, 6) is -2.17. The Bertz CT molecular complexity index is 750. The van der Waals surface area contributed by atoms with E-state index < -0.39 is 11.9 Å². The second-order valence-electron chi connectivity index (χ2n) is 4.47. The molecular weight excluding hydrogens is 290 g/mol. The van der Waals surface area contributed by atoms with Gasteiger partial charge >= 0.3 is 5.97 Å². The fraction of sp³-hybridized carbons (Fsp3) is 0.0714. The quantitative estimate of drug-likeness (QED) is 0.798. The van der Waals surface area contributed by atoms with E-state index in [1.807, 2.05) is 18.2 Å². The number of benzene rings is 1. The summed E-state index contributed by atoms with van der Waals surface area (Å²) in [4.78, 5) is 31.3. The van der Waals surface area contributed by atoms with E-state index in [0.29, 0.717) is 5.57 Å². The van der Waals surface area contributed by atoms with Crippen LogP contribution in [-0.2, 0) is 9.59 Å². The Hall–Kier alpha value is -2.67. The van der Waals surface area contributed by atoms with E-state index >= 15 is 0 Å². The van der Waals surface area contributed by atoms with Gasteiger partial charge in [-0.25, -0.2) is 14.8 Å². The smallest absolute Gasteiger partial charge is 0.354 e. The Labute approximate surface area is 124 Å². The van der Waals surface area contributed by atoms with Gasteiger partial charge in [0, 0.05) is 0 Å². The molecule has 2 N–H and O–H groups in total. The number of fused-ring (bicyclic) bond motifs is 1. The van der Waals surface area contributed by atoms with E-state index in [9.17, 15) is 9.59 Å². The van der Waals surface area contributed by atoms with Crippen LogP contribution < -0.4 is 5.32 Å². The lowest BCUT2D eigenvalue weighted by atomic mass is 9.87. The van der Waals surface area contributed by atoms with Crippen LogP contribution in [-0.4, -0.2) is 33.6 Å². The molecule has 1 atom stereocenters. The van der Waals surface area contributed by atoms with Crippen LogP contribution in [0.5, 0.6) is 0 Å². The van der Waals surface area contributed by atoms with E-state index in [0.717, 1.165) is 5.56 Å². The van der Waals surface area contributed by atoms with Crippen molar-refractivity contribution in [1.29, 1.82) is 0 Å². The monoisotopic (exact) mass is 299 g/mol. The van der Waals surface area contributed by atoms with Crippen molar-refractivity contribution in [2.24, 2.45) is 15.9 Å². The second kappa shape index (κ2) is 5.02. The van der Waals surface area contributed by atoms with Gasteiger partial charge in [0.2, 0.25) is 11.0 Å². The number of carboxylic acid groups (broad SMARTS) is 1. The van der Waals surface area contributed by atoms with Gasteiger partial charge in [0.25, 0.3) is 0 Å². The fourth-order valence-corrected chi connectivity index (χ4v) is 2.43. The number of carboxylic acids is 1. The van der Waals surface area contributed by atoms with Crippen LogP contribution in [0.1, 0.15) is 5.56 Å². The zero-order chi connectivity index (χ0) is 15.0. The third-order valence-electron chi connectivity index (χ3n) is 3.13. The van der Waals surface area contributed by atoms with Crippen molar-refractivity contribution in [1.82, 2.24) is 5.32 Å². The van der Waals surface area contributed by atoms with Gasteiger partial charge < -0.3 is 10.4 Å². The van der Waals surface area contributed by atoms with Crippen molar-refractivity contribution in [3.05, 3.63) is 42.0 Å². The Morgan fingerprint density at radius 2 is 1.95 bits per heavy atom. The van der Waals surface area contributed by atoms with Gasteiger partial charge in [-0.3, -0.25) is 4.79 Å². The first-order chi connectivity index (χ1) is 10.1. The third kappa shape index (κ3) is 2.38. The van der Waals surface area contributed by atoms with Gasteiger partial charge in [0.15, 0.2) is 5.71 Å². The molecule has 0 spiro atoms. The Morgan fingerprint density at radius 3 is 2.62 bits per heavy atom. The summed E-state index contributed by atoms with van der Waals surface area (Å²) >= 11 is 4.86. The average Bonchev–Trinajstić information content (AvgIpc) is 2.46. The molecule has 1 unspecified atom stereocenters. The molecule has 21 heavy (non-hydrogen) atoms. The Kier molecular flexibility index (Phi) is 3.19. The molecule has 0 saturated carbocycles. The molecule has 0 aromatic heterocycles. The number of amidine groups is 1. The number of hydrogen-bond donors (Lipinski definition) is 2. The highest BCUT2D eigenvalue weighted by Gasteiger charge is 2.37. The van der Waals surface area contributed by atoms with E-state index in [2.05, 4.69) is 15.3 Å². The first kappa shape index (κ1) is 13.3. The highest BCUT2D eigenvalue weighted by molar-refractivity contribution is 7.80. The summed E-state index contributed by atoms with van der Waals surface area (Å²) in [6, 6.07) is 9.06. The molecule has 0 saturated heterocycles. The van der Waals surface area contributed by atoms with Crippen LogP contribution in [0.3, 0.4) is 0 Å². The molecule has 3 rings (SSSR count). The van der Waals surface area contributed by atoms with Crippen LogP contribution in [0.4, 0.5) is 0 Å². The number of dihydropyridines is 1. The molecule has 7 heteroatoms. The van der Waals surface area contributed by atoms with E-state index in [1.54, 1.807) is 12.1 Å². The summed E-state index contributed by atoms with van der Waals surface area (Å²) in [6.45, 7) is 0. The third-order valence-corrected chi connectivity index (χ3v) is 3.32. The van der Waals surface area contributed by atoms with Gasteiger partial charge in [-0.2, -0.15) is 0 Å². The topological polar surface area (TPSA) is 91.1 Å². The molecule has 2 heterocycles. The maximum atomic E-state index is 12.2. The van der Waals surface area contributed by atoms with Gasteiger partial charge in [-0.15, -0.1) is 0 Å². The van der Waals surface area contributed by atoms with E-state index in [-0.39, 0.29) is 22.6 Å². The molecule has 6 nitrogen and oxygen atoms in total. The van der Waals surface area contributed by atoms with Crippen LogP contribution in [0.15, 0.2) is 46.4 Å². The second-order valence-corrected chi connectivity index (χ2v) is 4.85. The van der Waals surface area contributed by atoms with Gasteiger partial charge in [-0.05, 0) is 29.4 Å². The molecule has 1 amide bonds. The number of amides is 1. The summed E-state index contributed by atoms with van der Waals surface area (Å²) in [6.07, 6.45) is 1.40. The molecule has 0 radical (unpaired) electrons. The van der Waals surface area contributed by atoms with Crippen molar-refractivity contribution in [3.63, 3.8) is 0 Å². The predicted molar refractivity (Wildman–Crippen MR) is 81.2 cm³/mol. The number of hydrogen-bond acceptors (Lipinski definition) is 4. The molecule has 0 aliphatic carbocycles. The predicted octanol–water partition coefficient (Wildman–Crippen LogP) is 1.04. The van der Waals surface area contributed by atoms with Crippen molar-refractivity contribution in [2.75, 3.05) is 0 Å². The standard InChI is InChI=1S/C14H9N3O3S/c18-12-10-8(7-4-2-1-3-5-7)6-9(13(19)20)15-11(10)16-14(21)17-12/h1-6,10H,(H,19,20)(H,17,18,21). The largest absolute Gasteiger partial charge is 0.477 e. The number of carbonyl (C=O) groups excluding carboxylic acids is 1. The lowest BCUT2D eigenvalue weighted by Crippen LogP contribution is -2.44. The van der Waals surface area contributed by atoms with Crippen LogP contribution >= 0.6 is 12.2 Å². The van der Waals surface area contributed by atoms with Crippen molar-refractivity contribution in [3.8, 4) is 0 Å². The van der Waals surface area contributed by atoms with Crippen molar-refractivity contribution >= 4 is 46.3 Å². The zero-order valence-electron chi connectivity index (χ0n) is 10.6. The van der Waals surface area contributed by atoms with Gasteiger partial charge in [0.05, 0.1) is 0 Å². The number of nitrogens with one attached hydrogen (secondary N) is 1. The highest BCUT2D eigenvalue weighted by Crippen LogP contribution is 2.30. The minimum absolute atomic E-state index is 0.00551. The molecule has 2 aliphatic rings.